The van der Waals surface area contributed by atoms with Gasteiger partial charge in [-0.1, -0.05) is 39.0 Å². The van der Waals surface area contributed by atoms with Crippen molar-refractivity contribution in [1.82, 2.24) is 0 Å². The summed E-state index contributed by atoms with van der Waals surface area (Å²) in [6.07, 6.45) is 8.18. The van der Waals surface area contributed by atoms with E-state index in [2.05, 4.69) is 6.92 Å². The van der Waals surface area contributed by atoms with Crippen molar-refractivity contribution in [2.75, 3.05) is 0 Å². The molecule has 0 saturated carbocycles. The van der Waals surface area contributed by atoms with Gasteiger partial charge in [0.1, 0.15) is 5.75 Å². The lowest BCUT2D eigenvalue weighted by molar-refractivity contribution is 0.111. The minimum atomic E-state index is -0.305. The normalized spacial score (nSPS) is 10.8. The van der Waals surface area contributed by atoms with Crippen molar-refractivity contribution in [3.05, 3.63) is 28.3 Å². The van der Waals surface area contributed by atoms with Gasteiger partial charge in [-0.3, -0.25) is 4.79 Å². The molecule has 0 atom stereocenters. The number of aliphatic hydroxyl groups excluding tert-OH is 2. The average Bonchev–Trinajstić information content (AvgIpc) is 2.50. The van der Waals surface area contributed by atoms with Gasteiger partial charge >= 0.3 is 0 Å². The Hall–Kier alpha value is -1.39. The third-order valence-electron chi connectivity index (χ3n) is 3.89. The number of carbonyl (C=O) groups is 1. The van der Waals surface area contributed by atoms with E-state index in [1.165, 1.54) is 31.7 Å². The predicted octanol–water partition coefficient (Wildman–Crippen LogP) is 3.09. The van der Waals surface area contributed by atoms with Crippen LogP contribution in [-0.2, 0) is 19.6 Å². The smallest absolute Gasteiger partial charge is 0.154 e. The maximum Gasteiger partial charge on any atom is 0.154 e. The fraction of sp³-hybridized carbons (Fsp3) is 0.588. The van der Waals surface area contributed by atoms with E-state index in [-0.39, 0.29) is 24.5 Å². The molecule has 4 nitrogen and oxygen atoms in total. The molecule has 0 aliphatic heterocycles. The molecule has 21 heavy (non-hydrogen) atoms. The molecule has 0 aliphatic carbocycles. The van der Waals surface area contributed by atoms with Crippen LogP contribution < -0.4 is 0 Å². The minimum Gasteiger partial charge on any atom is -0.507 e. The number of unbranched alkanes of at least 4 members (excludes halogenated alkanes) is 5. The van der Waals surface area contributed by atoms with Crippen LogP contribution in [0.1, 0.15) is 72.5 Å². The summed E-state index contributed by atoms with van der Waals surface area (Å²) in [6, 6.07) is 1.43. The molecule has 1 aromatic carbocycles. The largest absolute Gasteiger partial charge is 0.507 e. The Labute approximate surface area is 126 Å². The van der Waals surface area contributed by atoms with Gasteiger partial charge in [-0.2, -0.15) is 0 Å². The van der Waals surface area contributed by atoms with Gasteiger partial charge in [-0.05, 0) is 35.6 Å². The summed E-state index contributed by atoms with van der Waals surface area (Å²) >= 11 is 0. The van der Waals surface area contributed by atoms with E-state index in [1.807, 2.05) is 0 Å². The first-order chi connectivity index (χ1) is 10.2. The Morgan fingerprint density at radius 1 is 1.00 bits per heavy atom. The number of carbonyl (C=O) groups excluding carboxylic acids is 1. The van der Waals surface area contributed by atoms with Crippen LogP contribution in [0.25, 0.3) is 0 Å². The first-order valence-electron chi connectivity index (χ1n) is 7.73. The minimum absolute atomic E-state index is 0.135. The maximum absolute atomic E-state index is 11.1. The van der Waals surface area contributed by atoms with Gasteiger partial charge < -0.3 is 15.3 Å². The van der Waals surface area contributed by atoms with Crippen LogP contribution in [0.15, 0.2) is 6.07 Å². The number of phenolic OH excluding ortho intramolecular Hbond substituents is 1. The Kier molecular flexibility index (Phi) is 8.01. The van der Waals surface area contributed by atoms with E-state index < -0.39 is 0 Å². The van der Waals surface area contributed by atoms with Crippen molar-refractivity contribution >= 4 is 6.29 Å². The van der Waals surface area contributed by atoms with Gasteiger partial charge in [0, 0.05) is 0 Å². The summed E-state index contributed by atoms with van der Waals surface area (Å²) in [7, 11) is 0. The maximum atomic E-state index is 11.1. The molecule has 0 aliphatic rings. The first-order valence-corrected chi connectivity index (χ1v) is 7.73. The summed E-state index contributed by atoms with van der Waals surface area (Å²) < 4.78 is 0. The third kappa shape index (κ3) is 4.83. The molecular weight excluding hydrogens is 268 g/mol. The van der Waals surface area contributed by atoms with Gasteiger partial charge in [-0.15, -0.1) is 0 Å². The number of benzene rings is 1. The highest BCUT2D eigenvalue weighted by Crippen LogP contribution is 2.29. The van der Waals surface area contributed by atoms with Crippen molar-refractivity contribution < 1.29 is 20.1 Å². The van der Waals surface area contributed by atoms with Crippen molar-refractivity contribution in [3.63, 3.8) is 0 Å². The molecule has 0 heterocycles. The van der Waals surface area contributed by atoms with Gasteiger partial charge in [0.05, 0.1) is 18.8 Å². The monoisotopic (exact) mass is 294 g/mol. The predicted molar refractivity (Wildman–Crippen MR) is 82.4 cm³/mol. The Morgan fingerprint density at radius 3 is 2.24 bits per heavy atom. The second-order valence-electron chi connectivity index (χ2n) is 5.38. The number of hydrogen-bond donors (Lipinski definition) is 3. The van der Waals surface area contributed by atoms with Gasteiger partial charge in [-0.25, -0.2) is 0 Å². The molecule has 0 aromatic heterocycles. The summed E-state index contributed by atoms with van der Waals surface area (Å²) in [6.45, 7) is 1.67. The molecule has 0 unspecified atom stereocenters. The number of phenols is 1. The van der Waals surface area contributed by atoms with Crippen molar-refractivity contribution in [2.24, 2.45) is 0 Å². The topological polar surface area (TPSA) is 77.8 Å². The molecule has 1 rings (SSSR count). The highest BCUT2D eigenvalue weighted by molar-refractivity contribution is 5.82. The molecule has 1 aromatic rings. The van der Waals surface area contributed by atoms with E-state index in [0.717, 1.165) is 18.4 Å². The molecule has 0 fully saturated rings. The third-order valence-corrected chi connectivity index (χ3v) is 3.89. The van der Waals surface area contributed by atoms with Gasteiger partial charge in [0.2, 0.25) is 0 Å². The fourth-order valence-corrected chi connectivity index (χ4v) is 2.69. The highest BCUT2D eigenvalue weighted by Gasteiger charge is 2.16. The molecule has 0 radical (unpaired) electrons. The van der Waals surface area contributed by atoms with Crippen LogP contribution in [-0.4, -0.2) is 21.6 Å². The van der Waals surface area contributed by atoms with Crippen molar-refractivity contribution in [3.8, 4) is 5.75 Å². The second-order valence-corrected chi connectivity index (χ2v) is 5.38. The zero-order valence-electron chi connectivity index (χ0n) is 12.8. The molecule has 4 heteroatoms. The van der Waals surface area contributed by atoms with Crippen LogP contribution in [0.3, 0.4) is 0 Å². The molecule has 0 bridgehead atoms. The number of hydrogen-bond acceptors (Lipinski definition) is 4. The van der Waals surface area contributed by atoms with Crippen LogP contribution in [0.5, 0.6) is 5.75 Å². The Balaban J connectivity index is 2.81. The van der Waals surface area contributed by atoms with Crippen LogP contribution in [0.4, 0.5) is 0 Å². The van der Waals surface area contributed by atoms with E-state index in [4.69, 9.17) is 0 Å². The Bertz CT molecular complexity index is 455. The number of aliphatic hydroxyl groups is 2. The van der Waals surface area contributed by atoms with E-state index >= 15 is 0 Å². The Morgan fingerprint density at radius 2 is 1.67 bits per heavy atom. The molecule has 118 valence electrons. The van der Waals surface area contributed by atoms with Crippen LogP contribution in [0, 0.1) is 0 Å². The van der Waals surface area contributed by atoms with E-state index in [1.54, 1.807) is 0 Å². The first kappa shape index (κ1) is 17.7. The fourth-order valence-electron chi connectivity index (χ4n) is 2.69. The lowest BCUT2D eigenvalue weighted by atomic mass is 9.92. The summed E-state index contributed by atoms with van der Waals surface area (Å²) in [5.41, 5.74) is 1.98. The molecule has 0 spiro atoms. The summed E-state index contributed by atoms with van der Waals surface area (Å²) in [5.74, 6) is -0.176. The zero-order valence-corrected chi connectivity index (χ0v) is 12.8. The number of aldehydes is 1. The number of rotatable bonds is 10. The summed E-state index contributed by atoms with van der Waals surface area (Å²) in [5, 5.41) is 28.7. The molecule has 3 N–H and O–H groups in total. The molecule has 0 saturated heterocycles. The molecular formula is C17H26O4. The van der Waals surface area contributed by atoms with Gasteiger partial charge in [0.25, 0.3) is 0 Å². The lowest BCUT2D eigenvalue weighted by Gasteiger charge is -2.16. The highest BCUT2D eigenvalue weighted by atomic mass is 16.3. The standard InChI is InChI=1S/C17H26O4/c1-2-3-4-5-6-7-8-14-13(10-18)9-17(21)16(12-20)15(14)11-19/h9,12,18-19,21H,2-8,10-11H2,1H3. The average molecular weight is 294 g/mol. The van der Waals surface area contributed by atoms with Crippen molar-refractivity contribution in [1.29, 1.82) is 0 Å². The SMILES string of the molecule is CCCCCCCCc1c(CO)cc(O)c(C=O)c1CO. The van der Waals surface area contributed by atoms with Crippen LogP contribution >= 0.6 is 0 Å². The van der Waals surface area contributed by atoms with E-state index in [9.17, 15) is 20.1 Å². The number of aromatic hydroxyl groups is 1. The second kappa shape index (κ2) is 9.53. The zero-order chi connectivity index (χ0) is 15.7. The van der Waals surface area contributed by atoms with Crippen LogP contribution in [0.2, 0.25) is 0 Å². The lowest BCUT2D eigenvalue weighted by Crippen LogP contribution is -2.05. The quantitative estimate of drug-likeness (QED) is 0.458. The van der Waals surface area contributed by atoms with Crippen molar-refractivity contribution in [2.45, 2.75) is 65.1 Å². The van der Waals surface area contributed by atoms with E-state index in [0.29, 0.717) is 23.8 Å². The van der Waals surface area contributed by atoms with Gasteiger partial charge in [0.15, 0.2) is 6.29 Å². The molecule has 0 amide bonds. The summed E-state index contributed by atoms with van der Waals surface area (Å²) in [4.78, 5) is 11.1.